The van der Waals surface area contributed by atoms with Crippen LogP contribution in [0.15, 0.2) is 17.9 Å². The standard InChI is InChI=1S/C6H6FP/c1-5-2-3-6(7)8-4-5/h2-4H,1H3. The lowest BCUT2D eigenvalue weighted by atomic mass is 10.4. The Bertz CT molecular complexity index is 147. The van der Waals surface area contributed by atoms with Gasteiger partial charge in [-0.05, 0) is 32.5 Å². The predicted molar refractivity (Wildman–Crippen MR) is 33.6 cm³/mol. The van der Waals surface area contributed by atoms with Crippen LogP contribution in [0.5, 0.6) is 0 Å². The van der Waals surface area contributed by atoms with E-state index in [0.717, 1.165) is 5.56 Å². The quantitative estimate of drug-likeness (QED) is 0.503. The summed E-state index contributed by atoms with van der Waals surface area (Å²) in [5, 5.41) is 0. The van der Waals surface area contributed by atoms with Crippen LogP contribution in [0.2, 0.25) is 0 Å². The highest BCUT2D eigenvalue weighted by Crippen LogP contribution is 2.12. The molecule has 0 radical (unpaired) electrons. The fourth-order valence-corrected chi connectivity index (χ4v) is 1.02. The Balaban J connectivity index is 3.03. The molecule has 0 aliphatic rings. The molecule has 0 saturated heterocycles. The van der Waals surface area contributed by atoms with Crippen molar-refractivity contribution in [3.63, 3.8) is 0 Å². The molecule has 1 rings (SSSR count). The second kappa shape index (κ2) is 2.23. The van der Waals surface area contributed by atoms with Crippen molar-refractivity contribution in [2.24, 2.45) is 0 Å². The topological polar surface area (TPSA) is 0 Å². The summed E-state index contributed by atoms with van der Waals surface area (Å²) in [4.78, 5) is 0. The van der Waals surface area contributed by atoms with E-state index < -0.39 is 0 Å². The summed E-state index contributed by atoms with van der Waals surface area (Å²) in [5.74, 6) is 1.84. The lowest BCUT2D eigenvalue weighted by Crippen LogP contribution is -1.65. The number of hydrogen-bond acceptors (Lipinski definition) is 0. The molecule has 1 aromatic rings. The molecule has 0 unspecified atom stereocenters. The van der Waals surface area contributed by atoms with Crippen molar-refractivity contribution in [1.29, 1.82) is 0 Å². The molecule has 0 spiro atoms. The molecule has 0 fully saturated rings. The van der Waals surface area contributed by atoms with Crippen molar-refractivity contribution in [3.8, 4) is 0 Å². The normalized spacial score (nSPS) is 10.2. The minimum Gasteiger partial charge on any atom is -0.202 e. The van der Waals surface area contributed by atoms with Gasteiger partial charge in [-0.25, -0.2) is 4.39 Å². The molecule has 0 saturated carbocycles. The number of halogens is 1. The lowest BCUT2D eigenvalue weighted by molar-refractivity contribution is 0.656. The van der Waals surface area contributed by atoms with Crippen LogP contribution >= 0.6 is 8.19 Å². The maximum absolute atomic E-state index is 12.1. The van der Waals surface area contributed by atoms with E-state index in [2.05, 4.69) is 0 Å². The van der Waals surface area contributed by atoms with Crippen LogP contribution in [0.3, 0.4) is 0 Å². The molecular formula is C6H6FP. The van der Waals surface area contributed by atoms with E-state index in [4.69, 9.17) is 0 Å². The van der Waals surface area contributed by atoms with Crippen LogP contribution in [0.1, 0.15) is 5.56 Å². The highest BCUT2D eigenvalue weighted by Gasteiger charge is 1.84. The molecule has 0 amide bonds. The van der Waals surface area contributed by atoms with Crippen molar-refractivity contribution >= 4 is 8.19 Å². The van der Waals surface area contributed by atoms with E-state index in [1.54, 1.807) is 6.07 Å². The Labute approximate surface area is 49.5 Å². The largest absolute Gasteiger partial charge is 0.202 e. The molecule has 1 aromatic heterocycles. The molecule has 0 aliphatic carbocycles. The Hall–Kier alpha value is -0.420. The van der Waals surface area contributed by atoms with Gasteiger partial charge in [0.2, 0.25) is 0 Å². The van der Waals surface area contributed by atoms with Crippen molar-refractivity contribution < 1.29 is 4.39 Å². The van der Waals surface area contributed by atoms with Gasteiger partial charge in [0.25, 0.3) is 0 Å². The average molecular weight is 128 g/mol. The van der Waals surface area contributed by atoms with E-state index in [9.17, 15) is 4.39 Å². The number of aryl methyl sites for hydroxylation is 1. The molecule has 0 N–H and O–H groups in total. The van der Waals surface area contributed by atoms with Gasteiger partial charge in [-0.2, -0.15) is 0 Å². The van der Waals surface area contributed by atoms with Crippen molar-refractivity contribution in [2.45, 2.75) is 6.92 Å². The predicted octanol–water partition coefficient (Wildman–Crippen LogP) is 2.71. The van der Waals surface area contributed by atoms with Crippen LogP contribution in [0.4, 0.5) is 4.39 Å². The third-order valence-corrected chi connectivity index (χ3v) is 1.81. The Morgan fingerprint density at radius 2 is 2.25 bits per heavy atom. The maximum Gasteiger partial charge on any atom is 0.149 e. The summed E-state index contributed by atoms with van der Waals surface area (Å²) in [6, 6.07) is 3.27. The van der Waals surface area contributed by atoms with Crippen LogP contribution in [-0.2, 0) is 0 Å². The summed E-state index contributed by atoms with van der Waals surface area (Å²) in [6.45, 7) is 1.95. The molecule has 8 heavy (non-hydrogen) atoms. The Morgan fingerprint density at radius 3 is 2.62 bits per heavy atom. The van der Waals surface area contributed by atoms with Crippen molar-refractivity contribution in [2.75, 3.05) is 0 Å². The zero-order valence-electron chi connectivity index (χ0n) is 4.56. The van der Waals surface area contributed by atoms with Gasteiger partial charge in [0, 0.05) is 0 Å². The van der Waals surface area contributed by atoms with Gasteiger partial charge in [-0.15, -0.1) is 0 Å². The molecule has 0 bridgehead atoms. The minimum atomic E-state index is -0.0735. The van der Waals surface area contributed by atoms with Crippen molar-refractivity contribution in [1.82, 2.24) is 0 Å². The number of hydrogen-bond donors (Lipinski definition) is 0. The molecule has 0 atom stereocenters. The van der Waals surface area contributed by atoms with Gasteiger partial charge in [-0.1, -0.05) is 6.07 Å². The van der Waals surface area contributed by atoms with Gasteiger partial charge in [0.1, 0.15) is 5.55 Å². The van der Waals surface area contributed by atoms with Crippen LogP contribution in [0, 0.1) is 12.5 Å². The van der Waals surface area contributed by atoms with Gasteiger partial charge >= 0.3 is 0 Å². The summed E-state index contributed by atoms with van der Waals surface area (Å²) in [5.41, 5.74) is 1.06. The summed E-state index contributed by atoms with van der Waals surface area (Å²) < 4.78 is 12.1. The molecule has 0 nitrogen and oxygen atoms in total. The lowest BCUT2D eigenvalue weighted by Gasteiger charge is -1.86. The van der Waals surface area contributed by atoms with E-state index >= 15 is 0 Å². The molecule has 2 heteroatoms. The average Bonchev–Trinajstić information content (AvgIpc) is 1.77. The van der Waals surface area contributed by atoms with E-state index in [1.807, 2.05) is 12.7 Å². The summed E-state index contributed by atoms with van der Waals surface area (Å²) >= 11 is 0. The van der Waals surface area contributed by atoms with E-state index in [0.29, 0.717) is 8.19 Å². The first-order valence-corrected chi connectivity index (χ1v) is 3.33. The third-order valence-electron chi connectivity index (χ3n) is 0.875. The highest BCUT2D eigenvalue weighted by molar-refractivity contribution is 7.28. The monoisotopic (exact) mass is 128 g/mol. The molecule has 1 heterocycles. The molecule has 0 aliphatic heterocycles. The SMILES string of the molecule is Cc1ccc(F)pc1. The Morgan fingerprint density at radius 1 is 1.50 bits per heavy atom. The molecular weight excluding hydrogens is 122 g/mol. The third kappa shape index (κ3) is 1.28. The van der Waals surface area contributed by atoms with Gasteiger partial charge < -0.3 is 0 Å². The van der Waals surface area contributed by atoms with E-state index in [1.165, 1.54) is 6.07 Å². The van der Waals surface area contributed by atoms with Gasteiger partial charge in [0.05, 0.1) is 0 Å². The van der Waals surface area contributed by atoms with E-state index in [-0.39, 0.29) is 5.55 Å². The summed E-state index contributed by atoms with van der Waals surface area (Å²) in [6.07, 6.45) is 0. The first-order valence-electron chi connectivity index (χ1n) is 2.37. The van der Waals surface area contributed by atoms with Crippen LogP contribution in [-0.4, -0.2) is 0 Å². The second-order valence-corrected chi connectivity index (χ2v) is 2.60. The first kappa shape index (κ1) is 5.71. The minimum absolute atomic E-state index is 0.0735. The first-order chi connectivity index (χ1) is 3.79. The fraction of sp³-hybridized carbons (Fsp3) is 0.167. The summed E-state index contributed by atoms with van der Waals surface area (Å²) in [7, 11) is 0.692. The Kier molecular flexibility index (Phi) is 1.59. The van der Waals surface area contributed by atoms with Crippen LogP contribution < -0.4 is 0 Å². The number of rotatable bonds is 0. The smallest absolute Gasteiger partial charge is 0.149 e. The second-order valence-electron chi connectivity index (χ2n) is 1.66. The molecule has 0 aromatic carbocycles. The van der Waals surface area contributed by atoms with Crippen molar-refractivity contribution in [3.05, 3.63) is 29.0 Å². The van der Waals surface area contributed by atoms with Crippen LogP contribution in [0.25, 0.3) is 0 Å². The zero-order valence-corrected chi connectivity index (χ0v) is 5.45. The zero-order chi connectivity index (χ0) is 5.98. The molecule has 42 valence electrons. The van der Waals surface area contributed by atoms with Gasteiger partial charge in [0.15, 0.2) is 0 Å². The van der Waals surface area contributed by atoms with Gasteiger partial charge in [-0.3, -0.25) is 0 Å². The fourth-order valence-electron chi connectivity index (χ4n) is 0.450. The highest BCUT2D eigenvalue weighted by atomic mass is 31.0. The maximum atomic E-state index is 12.1.